The fourth-order valence-electron chi connectivity index (χ4n) is 4.18. The van der Waals surface area contributed by atoms with Crippen molar-refractivity contribution < 1.29 is 18.0 Å². The number of amides is 2. The van der Waals surface area contributed by atoms with E-state index >= 15 is 0 Å². The average Bonchev–Trinajstić information content (AvgIpc) is 3.17. The third-order valence-electron chi connectivity index (χ3n) is 5.66. The van der Waals surface area contributed by atoms with Gasteiger partial charge in [-0.05, 0) is 42.3 Å². The lowest BCUT2D eigenvalue weighted by molar-refractivity contribution is -0.137. The molecule has 5 rings (SSSR count). The van der Waals surface area contributed by atoms with Gasteiger partial charge < -0.3 is 4.90 Å². The van der Waals surface area contributed by atoms with E-state index in [-0.39, 0.29) is 11.6 Å². The van der Waals surface area contributed by atoms with Gasteiger partial charge in [-0.15, -0.1) is 0 Å². The molecule has 1 fully saturated rings. The topological polar surface area (TPSA) is 61.4 Å². The van der Waals surface area contributed by atoms with Gasteiger partial charge in [-0.2, -0.15) is 13.2 Å². The van der Waals surface area contributed by atoms with E-state index in [1.54, 1.807) is 41.3 Å². The third-order valence-corrected chi connectivity index (χ3v) is 5.66. The Morgan fingerprint density at radius 1 is 1.09 bits per heavy atom. The molecule has 1 aromatic carbocycles. The monoisotopic (exact) mass is 435 g/mol. The Labute approximate surface area is 183 Å². The average molecular weight is 435 g/mol. The lowest BCUT2D eigenvalue weighted by Crippen LogP contribution is -2.48. The molecule has 2 bridgehead atoms. The highest BCUT2D eigenvalue weighted by Gasteiger charge is 2.40. The molecule has 160 valence electrons. The van der Waals surface area contributed by atoms with Crippen molar-refractivity contribution in [3.8, 4) is 11.3 Å². The summed E-state index contributed by atoms with van der Waals surface area (Å²) in [6.07, 6.45) is -3.70. The van der Waals surface area contributed by atoms with Crippen molar-refractivity contribution in [2.24, 2.45) is 0 Å². The minimum atomic E-state index is -4.45. The van der Waals surface area contributed by atoms with Crippen LogP contribution in [0.2, 0.25) is 0 Å². The fraction of sp³-hybridized carbons (Fsp3) is 0.227. The molecule has 1 saturated heterocycles. The smallest absolute Gasteiger partial charge is 0.366 e. The second-order valence-electron chi connectivity index (χ2n) is 7.75. The van der Waals surface area contributed by atoms with E-state index in [9.17, 15) is 18.0 Å². The number of fused-ring (bicyclic) bond motifs is 4. The molecule has 2 amide bonds. The number of nitrogens with one attached hydrogen (secondary N) is 1. The van der Waals surface area contributed by atoms with Crippen molar-refractivity contribution in [3.05, 3.63) is 60.2 Å². The summed E-state index contributed by atoms with van der Waals surface area (Å²) < 4.78 is 39.5. The van der Waals surface area contributed by atoms with Crippen LogP contribution in [-0.4, -0.2) is 43.0 Å². The molecule has 3 aromatic rings. The van der Waals surface area contributed by atoms with E-state index in [1.807, 2.05) is 0 Å². The number of benzene rings is 1. The first-order chi connectivity index (χ1) is 15.3. The number of hydrogen-bond acceptors (Lipinski definition) is 4. The largest absolute Gasteiger partial charge is 0.416 e. The van der Waals surface area contributed by atoms with Gasteiger partial charge in [-0.25, -0.2) is 14.8 Å². The third kappa shape index (κ3) is 3.65. The lowest BCUT2D eigenvalue weighted by atomic mass is 10.0. The first-order valence-electron chi connectivity index (χ1n) is 10.1. The summed E-state index contributed by atoms with van der Waals surface area (Å²) in [5.74, 6) is 0.723. The van der Waals surface area contributed by atoms with Crippen LogP contribution in [0, 0.1) is 0 Å². The van der Waals surface area contributed by atoms with Crippen LogP contribution < -0.4 is 20.7 Å². The van der Waals surface area contributed by atoms with Crippen LogP contribution in [0.1, 0.15) is 12.0 Å². The van der Waals surface area contributed by atoms with Crippen molar-refractivity contribution in [1.82, 2.24) is 9.97 Å². The minimum absolute atomic E-state index is 0.104. The maximum atomic E-state index is 13.2. The second kappa shape index (κ2) is 7.54. The van der Waals surface area contributed by atoms with Crippen molar-refractivity contribution in [1.29, 1.82) is 0 Å². The number of carbonyl (C=O) groups excluding carboxylic acids is 1. The minimum Gasteiger partial charge on any atom is -0.366 e. The number of hydrogen-bond donors (Lipinski definition) is 1. The zero-order chi connectivity index (χ0) is 22.5. The Hall–Kier alpha value is -3.56. The summed E-state index contributed by atoms with van der Waals surface area (Å²) in [6, 6.07) is 12.9. The molecule has 2 aliphatic heterocycles. The Bertz CT molecular complexity index is 1200. The Morgan fingerprint density at radius 3 is 2.69 bits per heavy atom. The predicted octanol–water partition coefficient (Wildman–Crippen LogP) is 3.59. The van der Waals surface area contributed by atoms with Gasteiger partial charge in [0.1, 0.15) is 13.7 Å². The van der Waals surface area contributed by atoms with Gasteiger partial charge in [-0.3, -0.25) is 10.2 Å². The summed E-state index contributed by atoms with van der Waals surface area (Å²) in [7, 11) is 5.70. The number of rotatable bonds is 2. The number of anilines is 3. The summed E-state index contributed by atoms with van der Waals surface area (Å²) in [5.41, 5.74) is 0.982. The Morgan fingerprint density at radius 2 is 1.91 bits per heavy atom. The molecule has 0 unspecified atom stereocenters. The second-order valence-corrected chi connectivity index (χ2v) is 7.75. The van der Waals surface area contributed by atoms with Crippen molar-refractivity contribution in [3.63, 3.8) is 0 Å². The molecule has 0 spiro atoms. The van der Waals surface area contributed by atoms with Crippen molar-refractivity contribution in [2.75, 3.05) is 28.2 Å². The molecule has 1 N–H and O–H groups in total. The van der Waals surface area contributed by atoms with Crippen LogP contribution in [-0.2, 0) is 6.18 Å². The van der Waals surface area contributed by atoms with Gasteiger partial charge in [0.25, 0.3) is 0 Å². The number of alkyl halides is 3. The van der Waals surface area contributed by atoms with Crippen LogP contribution in [0.3, 0.4) is 0 Å². The van der Waals surface area contributed by atoms with E-state index in [4.69, 9.17) is 7.85 Å². The summed E-state index contributed by atoms with van der Waals surface area (Å²) in [5, 5.41) is 2.75. The van der Waals surface area contributed by atoms with Crippen molar-refractivity contribution >= 4 is 36.8 Å². The molecule has 32 heavy (non-hydrogen) atoms. The number of nitrogens with zero attached hydrogens (tertiary/aromatic N) is 4. The summed E-state index contributed by atoms with van der Waals surface area (Å²) in [4.78, 5) is 25.6. The van der Waals surface area contributed by atoms with Gasteiger partial charge in [0.05, 0.1) is 23.0 Å². The van der Waals surface area contributed by atoms with Gasteiger partial charge in [0.15, 0.2) is 5.82 Å². The van der Waals surface area contributed by atoms with Gasteiger partial charge in [0, 0.05) is 18.7 Å². The SMILES string of the molecule is [B]c1cccc(NC(=O)N2c3nc(-c4cccc(C(F)(F)F)c4)ccc3N3CC[C@H]2C3)n1. The zero-order valence-electron chi connectivity index (χ0n) is 16.8. The Balaban J connectivity index is 1.53. The molecular formula is C22H17BF3N5O. The van der Waals surface area contributed by atoms with Gasteiger partial charge in [0.2, 0.25) is 0 Å². The molecule has 1 atom stereocenters. The summed E-state index contributed by atoms with van der Waals surface area (Å²) >= 11 is 0. The van der Waals surface area contributed by atoms with E-state index in [2.05, 4.69) is 20.2 Å². The number of aromatic nitrogens is 2. The van der Waals surface area contributed by atoms with Crippen LogP contribution in [0.4, 0.5) is 35.3 Å². The van der Waals surface area contributed by atoms with Crippen LogP contribution >= 0.6 is 0 Å². The van der Waals surface area contributed by atoms with E-state index < -0.39 is 17.8 Å². The first-order valence-corrected chi connectivity index (χ1v) is 10.1. The van der Waals surface area contributed by atoms with Crippen LogP contribution in [0.5, 0.6) is 0 Å². The molecule has 2 radical (unpaired) electrons. The predicted molar refractivity (Wildman–Crippen MR) is 116 cm³/mol. The molecule has 0 aliphatic carbocycles. The van der Waals surface area contributed by atoms with Crippen molar-refractivity contribution in [2.45, 2.75) is 18.6 Å². The molecule has 10 heteroatoms. The summed E-state index contributed by atoms with van der Waals surface area (Å²) in [6.45, 7) is 1.43. The van der Waals surface area contributed by atoms with E-state index in [0.717, 1.165) is 30.8 Å². The standard InChI is InChI=1S/C22H17BF3N5O/c23-18-5-2-6-19(28-18)29-21(32)31-15-9-10-30(12-15)17-8-7-16(27-20(17)31)13-3-1-4-14(11-13)22(24,25)26/h1-8,11,15H,9-10,12H2,(H,28,29,32)/t15-/m0/s1. The molecule has 4 heterocycles. The molecule has 2 aliphatic rings. The number of urea groups is 1. The van der Waals surface area contributed by atoms with E-state index in [0.29, 0.717) is 29.4 Å². The fourth-order valence-corrected chi connectivity index (χ4v) is 4.18. The quantitative estimate of drug-likeness (QED) is 0.626. The maximum absolute atomic E-state index is 13.2. The first kappa shape index (κ1) is 20.4. The van der Waals surface area contributed by atoms with Crippen LogP contribution in [0.25, 0.3) is 11.3 Å². The molecule has 0 saturated carbocycles. The normalized spacial score (nSPS) is 17.3. The zero-order valence-corrected chi connectivity index (χ0v) is 16.8. The van der Waals surface area contributed by atoms with Gasteiger partial charge in [-0.1, -0.05) is 24.3 Å². The van der Waals surface area contributed by atoms with E-state index in [1.165, 1.54) is 6.07 Å². The molecule has 6 nitrogen and oxygen atoms in total. The Kier molecular flexibility index (Phi) is 4.80. The number of pyridine rings is 2. The highest BCUT2D eigenvalue weighted by Crippen LogP contribution is 2.41. The highest BCUT2D eigenvalue weighted by atomic mass is 19.4. The molecule has 2 aromatic heterocycles. The number of halogens is 3. The number of carbonyl (C=O) groups is 1. The molecular weight excluding hydrogens is 418 g/mol. The van der Waals surface area contributed by atoms with Crippen LogP contribution in [0.15, 0.2) is 54.6 Å². The lowest BCUT2D eigenvalue weighted by Gasteiger charge is -2.35. The highest BCUT2D eigenvalue weighted by molar-refractivity contribution is 6.30. The van der Waals surface area contributed by atoms with Gasteiger partial charge >= 0.3 is 12.2 Å². The maximum Gasteiger partial charge on any atom is 0.416 e.